The Labute approximate surface area is 167 Å². The number of carbonyl (C=O) groups excluding carboxylic acids is 1. The van der Waals surface area contributed by atoms with Crippen LogP contribution in [0.4, 0.5) is 5.82 Å². The highest BCUT2D eigenvalue weighted by atomic mass is 35.5. The van der Waals surface area contributed by atoms with Crippen LogP contribution < -0.4 is 5.32 Å². The number of hydrogen-bond acceptors (Lipinski definition) is 3. The lowest BCUT2D eigenvalue weighted by Gasteiger charge is -2.08. The first kappa shape index (κ1) is 17.9. The van der Waals surface area contributed by atoms with Crippen LogP contribution in [0.1, 0.15) is 11.1 Å². The maximum Gasteiger partial charge on any atom is 0.249 e. The SMILES string of the molecule is O=C(/C=C/c1cccc2cccnc12)Nc1ccnn1Cc1ccc(Cl)cc1. The predicted octanol–water partition coefficient (Wildman–Crippen LogP) is 4.78. The second-order valence-electron chi connectivity index (χ2n) is 6.25. The Bertz CT molecular complexity index is 1140. The zero-order chi connectivity index (χ0) is 19.3. The minimum atomic E-state index is -0.231. The number of fused-ring (bicyclic) bond motifs is 1. The molecule has 1 amide bonds. The fraction of sp³-hybridized carbons (Fsp3) is 0.0455. The van der Waals surface area contributed by atoms with E-state index in [1.54, 1.807) is 29.2 Å². The number of halogens is 1. The molecule has 2 aromatic heterocycles. The van der Waals surface area contributed by atoms with Crippen molar-refractivity contribution < 1.29 is 4.79 Å². The topological polar surface area (TPSA) is 59.8 Å². The van der Waals surface area contributed by atoms with E-state index in [1.165, 1.54) is 6.08 Å². The molecule has 0 unspecified atom stereocenters. The highest BCUT2D eigenvalue weighted by Gasteiger charge is 2.06. The summed E-state index contributed by atoms with van der Waals surface area (Å²) in [5.41, 5.74) is 2.80. The van der Waals surface area contributed by atoms with E-state index in [2.05, 4.69) is 15.4 Å². The van der Waals surface area contributed by atoms with E-state index >= 15 is 0 Å². The summed E-state index contributed by atoms with van der Waals surface area (Å²) in [6.45, 7) is 0.538. The molecular formula is C22H17ClN4O. The third-order valence-electron chi connectivity index (χ3n) is 4.29. The van der Waals surface area contributed by atoms with Crippen molar-refractivity contribution in [2.24, 2.45) is 0 Å². The minimum Gasteiger partial charge on any atom is -0.307 e. The van der Waals surface area contributed by atoms with E-state index in [0.717, 1.165) is 22.0 Å². The highest BCUT2D eigenvalue weighted by Crippen LogP contribution is 2.17. The standard InChI is InChI=1S/C22H17ClN4O/c23-19-9-6-16(7-10-19)15-27-20(12-14-25-27)26-21(28)11-8-18-4-1-3-17-5-2-13-24-22(17)18/h1-14H,15H2,(H,26,28)/b11-8+. The number of aromatic nitrogens is 3. The van der Waals surface area contributed by atoms with Gasteiger partial charge in [0.05, 0.1) is 18.3 Å². The van der Waals surface area contributed by atoms with Gasteiger partial charge in [0.2, 0.25) is 5.91 Å². The summed E-state index contributed by atoms with van der Waals surface area (Å²) in [5, 5.41) is 8.87. The molecule has 0 atom stereocenters. The number of benzene rings is 2. The Morgan fingerprint density at radius 2 is 1.86 bits per heavy atom. The van der Waals surface area contributed by atoms with Gasteiger partial charge in [-0.3, -0.25) is 9.78 Å². The van der Waals surface area contributed by atoms with Gasteiger partial charge in [-0.15, -0.1) is 0 Å². The Morgan fingerprint density at radius 1 is 1.04 bits per heavy atom. The fourth-order valence-electron chi connectivity index (χ4n) is 2.92. The van der Waals surface area contributed by atoms with Crippen LogP contribution >= 0.6 is 11.6 Å². The van der Waals surface area contributed by atoms with Gasteiger partial charge in [0.1, 0.15) is 5.82 Å². The number of nitrogens with one attached hydrogen (secondary N) is 1. The fourth-order valence-corrected chi connectivity index (χ4v) is 3.05. The molecule has 0 saturated heterocycles. The van der Waals surface area contributed by atoms with Crippen LogP contribution in [0, 0.1) is 0 Å². The first-order chi connectivity index (χ1) is 13.7. The number of nitrogens with zero attached hydrogens (tertiary/aromatic N) is 3. The van der Waals surface area contributed by atoms with Crippen LogP contribution in [0.25, 0.3) is 17.0 Å². The van der Waals surface area contributed by atoms with Gasteiger partial charge in [0.25, 0.3) is 0 Å². The number of amides is 1. The Hall–Kier alpha value is -3.44. The summed E-state index contributed by atoms with van der Waals surface area (Å²) in [7, 11) is 0. The molecule has 0 saturated carbocycles. The lowest BCUT2D eigenvalue weighted by molar-refractivity contribution is -0.111. The molecule has 0 spiro atoms. The lowest BCUT2D eigenvalue weighted by Crippen LogP contribution is -2.13. The van der Waals surface area contributed by atoms with Gasteiger partial charge in [0, 0.05) is 34.3 Å². The van der Waals surface area contributed by atoms with Crippen LogP contribution in [0.3, 0.4) is 0 Å². The van der Waals surface area contributed by atoms with Crippen molar-refractivity contribution in [2.75, 3.05) is 5.32 Å². The van der Waals surface area contributed by atoms with Crippen molar-refractivity contribution in [3.05, 3.63) is 95.3 Å². The van der Waals surface area contributed by atoms with Gasteiger partial charge in [-0.2, -0.15) is 5.10 Å². The second kappa shape index (κ2) is 8.06. The molecule has 138 valence electrons. The zero-order valence-corrected chi connectivity index (χ0v) is 15.7. The Morgan fingerprint density at radius 3 is 2.71 bits per heavy atom. The lowest BCUT2D eigenvalue weighted by atomic mass is 10.1. The molecule has 4 aromatic rings. The van der Waals surface area contributed by atoms with Crippen molar-refractivity contribution in [3.8, 4) is 0 Å². The van der Waals surface area contributed by atoms with E-state index in [0.29, 0.717) is 17.4 Å². The summed E-state index contributed by atoms with van der Waals surface area (Å²) in [6, 6.07) is 19.1. The van der Waals surface area contributed by atoms with Crippen molar-refractivity contribution in [1.82, 2.24) is 14.8 Å². The molecule has 4 rings (SSSR count). The normalized spacial score (nSPS) is 11.2. The van der Waals surface area contributed by atoms with Crippen LogP contribution in [0.2, 0.25) is 5.02 Å². The van der Waals surface area contributed by atoms with Crippen molar-refractivity contribution in [1.29, 1.82) is 0 Å². The molecule has 0 bridgehead atoms. The molecule has 0 aliphatic heterocycles. The summed E-state index contributed by atoms with van der Waals surface area (Å²) >= 11 is 5.92. The summed E-state index contributed by atoms with van der Waals surface area (Å²) in [4.78, 5) is 16.8. The van der Waals surface area contributed by atoms with E-state index in [-0.39, 0.29) is 5.91 Å². The van der Waals surface area contributed by atoms with Gasteiger partial charge in [-0.05, 0) is 29.8 Å². The molecule has 0 aliphatic rings. The van der Waals surface area contributed by atoms with E-state index in [1.807, 2.05) is 54.6 Å². The van der Waals surface area contributed by atoms with Crippen LogP contribution in [-0.2, 0) is 11.3 Å². The number of carbonyl (C=O) groups is 1. The van der Waals surface area contributed by atoms with Crippen molar-refractivity contribution in [2.45, 2.75) is 6.54 Å². The van der Waals surface area contributed by atoms with Gasteiger partial charge in [-0.1, -0.05) is 48.0 Å². The van der Waals surface area contributed by atoms with Gasteiger partial charge in [0.15, 0.2) is 0 Å². The molecule has 1 N–H and O–H groups in total. The zero-order valence-electron chi connectivity index (χ0n) is 14.9. The number of hydrogen-bond donors (Lipinski definition) is 1. The van der Waals surface area contributed by atoms with Gasteiger partial charge in [-0.25, -0.2) is 4.68 Å². The van der Waals surface area contributed by atoms with E-state index in [9.17, 15) is 4.79 Å². The number of rotatable bonds is 5. The van der Waals surface area contributed by atoms with E-state index in [4.69, 9.17) is 11.6 Å². The van der Waals surface area contributed by atoms with Crippen molar-refractivity contribution >= 4 is 40.3 Å². The van der Waals surface area contributed by atoms with Crippen LogP contribution in [-0.4, -0.2) is 20.7 Å². The Kier molecular flexibility index (Phi) is 5.17. The van der Waals surface area contributed by atoms with E-state index < -0.39 is 0 Å². The van der Waals surface area contributed by atoms with Gasteiger partial charge >= 0.3 is 0 Å². The first-order valence-electron chi connectivity index (χ1n) is 8.78. The third-order valence-corrected chi connectivity index (χ3v) is 4.54. The largest absolute Gasteiger partial charge is 0.307 e. The summed E-state index contributed by atoms with van der Waals surface area (Å²) in [5.74, 6) is 0.395. The summed E-state index contributed by atoms with van der Waals surface area (Å²) in [6.07, 6.45) is 6.67. The Balaban J connectivity index is 1.48. The molecule has 5 nitrogen and oxygen atoms in total. The molecule has 2 aromatic carbocycles. The average molecular weight is 389 g/mol. The number of anilines is 1. The monoisotopic (exact) mass is 388 g/mol. The smallest absolute Gasteiger partial charge is 0.249 e. The molecule has 0 radical (unpaired) electrons. The molecular weight excluding hydrogens is 372 g/mol. The van der Waals surface area contributed by atoms with Crippen molar-refractivity contribution in [3.63, 3.8) is 0 Å². The molecule has 0 fully saturated rings. The molecule has 0 aliphatic carbocycles. The minimum absolute atomic E-state index is 0.231. The predicted molar refractivity (Wildman–Crippen MR) is 112 cm³/mol. The quantitative estimate of drug-likeness (QED) is 0.500. The maximum atomic E-state index is 12.4. The maximum absolute atomic E-state index is 12.4. The van der Waals surface area contributed by atoms with Gasteiger partial charge < -0.3 is 5.32 Å². The molecule has 28 heavy (non-hydrogen) atoms. The first-order valence-corrected chi connectivity index (χ1v) is 9.16. The third kappa shape index (κ3) is 4.10. The summed E-state index contributed by atoms with van der Waals surface area (Å²) < 4.78 is 1.73. The molecule has 2 heterocycles. The van der Waals surface area contributed by atoms with Crippen LogP contribution in [0.15, 0.2) is 79.1 Å². The second-order valence-corrected chi connectivity index (χ2v) is 6.68. The number of para-hydroxylation sites is 1. The average Bonchev–Trinajstić information content (AvgIpc) is 3.14. The molecule has 6 heteroatoms. The highest BCUT2D eigenvalue weighted by molar-refractivity contribution is 6.30. The number of pyridine rings is 1. The van der Waals surface area contributed by atoms with Crippen LogP contribution in [0.5, 0.6) is 0 Å².